The van der Waals surface area contributed by atoms with Crippen LogP contribution >= 0.6 is 0 Å². The van der Waals surface area contributed by atoms with Crippen LogP contribution in [-0.4, -0.2) is 44.6 Å². The second-order valence-corrected chi connectivity index (χ2v) is 6.36. The van der Waals surface area contributed by atoms with Gasteiger partial charge in [0.1, 0.15) is 11.4 Å². The minimum Gasteiger partial charge on any atom is -0.338 e. The number of nitrogens with two attached hydrogens (primary N) is 1. The summed E-state index contributed by atoms with van der Waals surface area (Å²) in [5.41, 5.74) is 6.70. The van der Waals surface area contributed by atoms with E-state index in [0.29, 0.717) is 30.4 Å². The molecule has 1 aliphatic rings. The molecule has 0 spiro atoms. The van der Waals surface area contributed by atoms with E-state index in [1.807, 2.05) is 4.90 Å². The number of piperidine rings is 1. The van der Waals surface area contributed by atoms with Gasteiger partial charge in [-0.15, -0.1) is 0 Å². The standard InChI is InChI=1S/C15H25N5O3/c1-10-4-6-18(13(8-10)9-16)14(21)5-7-19-12(3)15(20(22)23)11(2)17-19/h10,13H,4-9,16H2,1-3H3. The van der Waals surface area contributed by atoms with Crippen LogP contribution in [0.2, 0.25) is 0 Å². The van der Waals surface area contributed by atoms with E-state index in [9.17, 15) is 14.9 Å². The lowest BCUT2D eigenvalue weighted by Crippen LogP contribution is -2.49. The van der Waals surface area contributed by atoms with E-state index in [4.69, 9.17) is 5.73 Å². The van der Waals surface area contributed by atoms with Crippen molar-refractivity contribution in [1.82, 2.24) is 14.7 Å². The lowest BCUT2D eigenvalue weighted by Gasteiger charge is -2.38. The lowest BCUT2D eigenvalue weighted by atomic mass is 9.92. The molecule has 2 rings (SSSR count). The highest BCUT2D eigenvalue weighted by Crippen LogP contribution is 2.24. The molecule has 1 saturated heterocycles. The molecule has 1 aromatic rings. The van der Waals surface area contributed by atoms with Crippen LogP contribution in [0.5, 0.6) is 0 Å². The first-order valence-electron chi connectivity index (χ1n) is 8.03. The van der Waals surface area contributed by atoms with Gasteiger partial charge in [0.2, 0.25) is 5.91 Å². The Hall–Kier alpha value is -1.96. The van der Waals surface area contributed by atoms with Gasteiger partial charge in [-0.3, -0.25) is 19.6 Å². The molecular formula is C15H25N5O3. The molecule has 1 aliphatic heterocycles. The summed E-state index contributed by atoms with van der Waals surface area (Å²) in [7, 11) is 0. The van der Waals surface area contributed by atoms with Crippen LogP contribution < -0.4 is 5.73 Å². The molecule has 2 unspecified atom stereocenters. The van der Waals surface area contributed by atoms with E-state index in [1.54, 1.807) is 18.5 Å². The quantitative estimate of drug-likeness (QED) is 0.650. The number of nitro groups is 1. The third-order valence-electron chi connectivity index (χ3n) is 4.63. The molecule has 2 heterocycles. The molecule has 1 aromatic heterocycles. The van der Waals surface area contributed by atoms with E-state index in [2.05, 4.69) is 12.0 Å². The highest BCUT2D eigenvalue weighted by atomic mass is 16.6. The Balaban J connectivity index is 2.02. The number of carbonyl (C=O) groups is 1. The molecule has 23 heavy (non-hydrogen) atoms. The van der Waals surface area contributed by atoms with Gasteiger partial charge in [-0.25, -0.2) is 0 Å². The predicted molar refractivity (Wildman–Crippen MR) is 85.9 cm³/mol. The van der Waals surface area contributed by atoms with Gasteiger partial charge in [0, 0.05) is 25.6 Å². The van der Waals surface area contributed by atoms with Gasteiger partial charge in [0.05, 0.1) is 11.5 Å². The molecule has 0 aromatic carbocycles. The number of rotatable bonds is 5. The normalized spacial score (nSPS) is 21.5. The molecule has 2 N–H and O–H groups in total. The van der Waals surface area contributed by atoms with Gasteiger partial charge in [0.15, 0.2) is 0 Å². The molecule has 0 radical (unpaired) electrons. The predicted octanol–water partition coefficient (Wildman–Crippen LogP) is 1.38. The monoisotopic (exact) mass is 323 g/mol. The zero-order valence-corrected chi connectivity index (χ0v) is 14.0. The number of carbonyl (C=O) groups excluding carboxylic acids is 1. The summed E-state index contributed by atoms with van der Waals surface area (Å²) >= 11 is 0. The van der Waals surface area contributed by atoms with E-state index in [-0.39, 0.29) is 24.1 Å². The summed E-state index contributed by atoms with van der Waals surface area (Å²) in [4.78, 5) is 24.9. The Labute approximate surface area is 135 Å². The van der Waals surface area contributed by atoms with Crippen molar-refractivity contribution in [1.29, 1.82) is 0 Å². The molecule has 128 valence electrons. The molecule has 8 heteroatoms. The summed E-state index contributed by atoms with van der Waals surface area (Å²) in [6, 6.07) is 0.0982. The third-order valence-corrected chi connectivity index (χ3v) is 4.63. The first kappa shape index (κ1) is 17.4. The topological polar surface area (TPSA) is 107 Å². The number of nitrogens with zero attached hydrogens (tertiary/aromatic N) is 4. The lowest BCUT2D eigenvalue weighted by molar-refractivity contribution is -0.386. The first-order valence-corrected chi connectivity index (χ1v) is 8.03. The van der Waals surface area contributed by atoms with Crippen LogP contribution in [0.25, 0.3) is 0 Å². The van der Waals surface area contributed by atoms with Crippen molar-refractivity contribution in [3.05, 3.63) is 21.5 Å². The van der Waals surface area contributed by atoms with Crippen LogP contribution in [0.1, 0.15) is 37.6 Å². The van der Waals surface area contributed by atoms with Crippen molar-refractivity contribution < 1.29 is 9.72 Å². The van der Waals surface area contributed by atoms with Gasteiger partial charge in [-0.1, -0.05) is 6.92 Å². The maximum Gasteiger partial charge on any atom is 0.312 e. The fraction of sp³-hybridized carbons (Fsp3) is 0.733. The zero-order chi connectivity index (χ0) is 17.1. The summed E-state index contributed by atoms with van der Waals surface area (Å²) < 4.78 is 1.55. The summed E-state index contributed by atoms with van der Waals surface area (Å²) in [5, 5.41) is 15.2. The average Bonchev–Trinajstić information content (AvgIpc) is 2.78. The molecule has 2 atom stereocenters. The molecule has 8 nitrogen and oxygen atoms in total. The third kappa shape index (κ3) is 3.69. The van der Waals surface area contributed by atoms with Gasteiger partial charge < -0.3 is 10.6 Å². The molecule has 0 saturated carbocycles. The van der Waals surface area contributed by atoms with Crippen molar-refractivity contribution in [3.63, 3.8) is 0 Å². The number of aromatic nitrogens is 2. The molecule has 1 fully saturated rings. The Morgan fingerprint density at radius 3 is 2.74 bits per heavy atom. The Morgan fingerprint density at radius 1 is 1.48 bits per heavy atom. The summed E-state index contributed by atoms with van der Waals surface area (Å²) in [6.07, 6.45) is 2.21. The van der Waals surface area contributed by atoms with Crippen LogP contribution in [-0.2, 0) is 11.3 Å². The molecular weight excluding hydrogens is 298 g/mol. The molecule has 0 aliphatic carbocycles. The maximum atomic E-state index is 12.5. The Bertz CT molecular complexity index is 598. The van der Waals surface area contributed by atoms with Crippen LogP contribution in [0, 0.1) is 29.9 Å². The number of hydrogen-bond donors (Lipinski definition) is 1. The van der Waals surface area contributed by atoms with Crippen molar-refractivity contribution in [2.75, 3.05) is 13.1 Å². The summed E-state index contributed by atoms with van der Waals surface area (Å²) in [5.74, 6) is 0.633. The van der Waals surface area contributed by atoms with Crippen molar-refractivity contribution in [2.45, 2.75) is 52.6 Å². The highest BCUT2D eigenvalue weighted by Gasteiger charge is 2.29. The van der Waals surface area contributed by atoms with Crippen molar-refractivity contribution in [2.24, 2.45) is 11.7 Å². The minimum absolute atomic E-state index is 0.0316. The van der Waals surface area contributed by atoms with Gasteiger partial charge in [0.25, 0.3) is 0 Å². The van der Waals surface area contributed by atoms with E-state index < -0.39 is 4.92 Å². The molecule has 1 amide bonds. The second-order valence-electron chi connectivity index (χ2n) is 6.36. The fourth-order valence-electron chi connectivity index (χ4n) is 3.32. The first-order chi connectivity index (χ1) is 10.8. The SMILES string of the molecule is Cc1nn(CCC(=O)N2CCC(C)CC2CN)c(C)c1[N+](=O)[O-]. The largest absolute Gasteiger partial charge is 0.338 e. The summed E-state index contributed by atoms with van der Waals surface area (Å²) in [6.45, 7) is 7.01. The smallest absolute Gasteiger partial charge is 0.312 e. The number of aryl methyl sites for hydroxylation is 2. The van der Waals surface area contributed by atoms with Gasteiger partial charge in [-0.05, 0) is 32.6 Å². The zero-order valence-electron chi connectivity index (χ0n) is 14.0. The van der Waals surface area contributed by atoms with Crippen LogP contribution in [0.3, 0.4) is 0 Å². The fourth-order valence-corrected chi connectivity index (χ4v) is 3.32. The Kier molecular flexibility index (Phi) is 5.35. The van der Waals surface area contributed by atoms with Gasteiger partial charge in [-0.2, -0.15) is 5.10 Å². The van der Waals surface area contributed by atoms with E-state index in [1.165, 1.54) is 0 Å². The number of hydrogen-bond acceptors (Lipinski definition) is 5. The number of likely N-dealkylation sites (tertiary alicyclic amines) is 1. The van der Waals surface area contributed by atoms with Crippen LogP contribution in [0.4, 0.5) is 5.69 Å². The van der Waals surface area contributed by atoms with Crippen molar-refractivity contribution in [3.8, 4) is 0 Å². The Morgan fingerprint density at radius 2 is 2.17 bits per heavy atom. The van der Waals surface area contributed by atoms with Crippen LogP contribution in [0.15, 0.2) is 0 Å². The van der Waals surface area contributed by atoms with Crippen molar-refractivity contribution >= 4 is 11.6 Å². The molecule has 0 bridgehead atoms. The van der Waals surface area contributed by atoms with Gasteiger partial charge >= 0.3 is 5.69 Å². The van der Waals surface area contributed by atoms with E-state index >= 15 is 0 Å². The second kappa shape index (κ2) is 7.08. The number of amides is 1. The highest BCUT2D eigenvalue weighted by molar-refractivity contribution is 5.76. The maximum absolute atomic E-state index is 12.5. The van der Waals surface area contributed by atoms with E-state index in [0.717, 1.165) is 19.4 Å². The average molecular weight is 323 g/mol. The minimum atomic E-state index is -0.424.